The monoisotopic (exact) mass is 463 g/mol. The van der Waals surface area contributed by atoms with Crippen molar-refractivity contribution < 1.29 is 9.59 Å². The molecule has 0 unspecified atom stereocenters. The molecular weight excluding hydrogens is 422 g/mol. The molecule has 0 radical (unpaired) electrons. The fourth-order valence-corrected chi connectivity index (χ4v) is 3.03. The van der Waals surface area contributed by atoms with Crippen LogP contribution in [0, 0.1) is 6.92 Å². The zero-order valence-corrected chi connectivity index (χ0v) is 20.8. The normalized spacial score (nSPS) is 12.1. The zero-order chi connectivity index (χ0) is 24.7. The molecule has 0 fully saturated rings. The summed E-state index contributed by atoms with van der Waals surface area (Å²) in [6, 6.07) is 3.48. The predicted molar refractivity (Wildman–Crippen MR) is 143 cm³/mol. The third kappa shape index (κ3) is 15.6. The summed E-state index contributed by atoms with van der Waals surface area (Å²) in [4.78, 5) is 28.1. The number of nitrogens with one attached hydrogen (secondary N) is 2. The summed E-state index contributed by atoms with van der Waals surface area (Å²) in [6.45, 7) is 4.76. The number of hydrogen-bond acceptors (Lipinski definition) is 3. The molecule has 0 aliphatic heterocycles. The second-order valence-corrected chi connectivity index (χ2v) is 7.84. The Morgan fingerprint density at radius 3 is 1.97 bits per heavy atom. The first-order valence-electron chi connectivity index (χ1n) is 12.4. The average molecular weight is 464 g/mol. The van der Waals surface area contributed by atoms with Crippen molar-refractivity contribution in [2.45, 2.75) is 65.2 Å². The van der Waals surface area contributed by atoms with Crippen molar-refractivity contribution in [1.82, 2.24) is 15.6 Å². The Labute approximate surface area is 205 Å². The van der Waals surface area contributed by atoms with Crippen LogP contribution < -0.4 is 10.6 Å². The van der Waals surface area contributed by atoms with Gasteiger partial charge in [-0.2, -0.15) is 0 Å². The molecule has 0 aliphatic rings. The van der Waals surface area contributed by atoms with Gasteiger partial charge in [-0.05, 0) is 64.0 Å². The molecule has 0 saturated heterocycles. The molecule has 1 heterocycles. The molecule has 184 valence electrons. The molecule has 1 aromatic heterocycles. The molecule has 1 aromatic rings. The van der Waals surface area contributed by atoms with Crippen LogP contribution >= 0.6 is 0 Å². The molecule has 0 spiro atoms. The maximum absolute atomic E-state index is 12.1. The van der Waals surface area contributed by atoms with Gasteiger partial charge >= 0.3 is 0 Å². The van der Waals surface area contributed by atoms with Crippen LogP contribution in [-0.2, 0) is 4.79 Å². The Balaban J connectivity index is 1.98. The van der Waals surface area contributed by atoms with Crippen LogP contribution in [0.4, 0.5) is 0 Å². The maximum Gasteiger partial charge on any atom is 0.253 e. The van der Waals surface area contributed by atoms with E-state index in [1.165, 1.54) is 0 Å². The first-order chi connectivity index (χ1) is 16.6. The molecule has 2 amide bonds. The van der Waals surface area contributed by atoms with Crippen LogP contribution in [0.5, 0.6) is 0 Å². The smallest absolute Gasteiger partial charge is 0.253 e. The van der Waals surface area contributed by atoms with Crippen molar-refractivity contribution in [3.8, 4) is 0 Å². The van der Waals surface area contributed by atoms with E-state index in [4.69, 9.17) is 0 Å². The number of rotatable bonds is 17. The number of unbranched alkanes of at least 4 members (excludes halogenated alkanes) is 1. The summed E-state index contributed by atoms with van der Waals surface area (Å²) >= 11 is 0. The van der Waals surface area contributed by atoms with Gasteiger partial charge in [0.2, 0.25) is 5.91 Å². The molecule has 0 aromatic carbocycles. The van der Waals surface area contributed by atoms with Crippen molar-refractivity contribution >= 4 is 11.8 Å². The van der Waals surface area contributed by atoms with Gasteiger partial charge in [0.05, 0.1) is 5.56 Å². The van der Waals surface area contributed by atoms with Gasteiger partial charge in [-0.1, -0.05) is 67.7 Å². The summed E-state index contributed by atoms with van der Waals surface area (Å²) in [5.41, 5.74) is 1.25. The standard InChI is InChI=1S/C29H41N3O2/c1-3-4-5-6-7-8-9-10-11-12-13-14-15-16-17-18-19-22-28(33)31-24-25-32-29(34)27-21-20-23-30-26(27)2/h4-5,7-8,10-11,13-14,16-17,20-21,23H,3,6,9,12,15,18-19,22,24-25H2,1-2H3,(H,31,33)(H,32,34)/b5-4-,8-7-,11-10-,14-13-,17-16-. The SMILES string of the molecule is CC/C=C\C/C=C\C/C=C\C/C=C\C/C=C\CCCC(=O)NCCNC(=O)c1cccnc1C. The highest BCUT2D eigenvalue weighted by atomic mass is 16.2. The van der Waals surface area contributed by atoms with Crippen LogP contribution in [0.1, 0.15) is 74.3 Å². The highest BCUT2D eigenvalue weighted by molar-refractivity contribution is 5.95. The van der Waals surface area contributed by atoms with Crippen LogP contribution in [0.2, 0.25) is 0 Å². The van der Waals surface area contributed by atoms with Crippen LogP contribution in [0.3, 0.4) is 0 Å². The Hall–Kier alpha value is -3.21. The number of nitrogens with zero attached hydrogens (tertiary/aromatic N) is 1. The highest BCUT2D eigenvalue weighted by Gasteiger charge is 2.08. The molecule has 5 nitrogen and oxygen atoms in total. The quantitative estimate of drug-likeness (QED) is 0.215. The predicted octanol–water partition coefficient (Wildman–Crippen LogP) is 6.16. The molecule has 0 aliphatic carbocycles. The first kappa shape index (κ1) is 28.8. The average Bonchev–Trinajstić information content (AvgIpc) is 2.84. The molecule has 0 saturated carbocycles. The second kappa shape index (κ2) is 20.4. The van der Waals surface area contributed by atoms with E-state index in [-0.39, 0.29) is 11.8 Å². The summed E-state index contributed by atoms with van der Waals surface area (Å²) in [5, 5.41) is 5.64. The van der Waals surface area contributed by atoms with E-state index >= 15 is 0 Å². The number of carbonyl (C=O) groups is 2. The van der Waals surface area contributed by atoms with Crippen molar-refractivity contribution in [3.05, 3.63) is 90.3 Å². The fraction of sp³-hybridized carbons (Fsp3) is 0.414. The molecule has 2 N–H and O–H groups in total. The lowest BCUT2D eigenvalue weighted by atomic mass is 10.2. The lowest BCUT2D eigenvalue weighted by Gasteiger charge is -2.08. The van der Waals surface area contributed by atoms with E-state index in [9.17, 15) is 9.59 Å². The van der Waals surface area contributed by atoms with Crippen molar-refractivity contribution in [2.75, 3.05) is 13.1 Å². The zero-order valence-electron chi connectivity index (χ0n) is 20.8. The molecule has 0 atom stereocenters. The molecule has 5 heteroatoms. The van der Waals surface area contributed by atoms with Gasteiger partial charge in [0, 0.05) is 31.4 Å². The topological polar surface area (TPSA) is 71.1 Å². The van der Waals surface area contributed by atoms with E-state index in [1.54, 1.807) is 25.3 Å². The van der Waals surface area contributed by atoms with Crippen LogP contribution in [0.15, 0.2) is 79.1 Å². The fourth-order valence-electron chi connectivity index (χ4n) is 3.03. The third-order valence-corrected chi connectivity index (χ3v) is 4.92. The number of aromatic nitrogens is 1. The van der Waals surface area contributed by atoms with Gasteiger partial charge in [0.15, 0.2) is 0 Å². The first-order valence-corrected chi connectivity index (χ1v) is 12.4. The minimum atomic E-state index is -0.168. The molecular formula is C29H41N3O2. The van der Waals surface area contributed by atoms with Crippen LogP contribution in [-0.4, -0.2) is 29.9 Å². The number of aryl methyl sites for hydroxylation is 1. The van der Waals surface area contributed by atoms with E-state index in [2.05, 4.69) is 83.3 Å². The molecule has 0 bridgehead atoms. The van der Waals surface area contributed by atoms with E-state index in [1.807, 2.05) is 0 Å². The molecule has 1 rings (SSSR count). The third-order valence-electron chi connectivity index (χ3n) is 4.92. The van der Waals surface area contributed by atoms with Gasteiger partial charge < -0.3 is 10.6 Å². The Bertz CT molecular complexity index is 851. The lowest BCUT2D eigenvalue weighted by molar-refractivity contribution is -0.121. The minimum absolute atomic E-state index is 0.0131. The summed E-state index contributed by atoms with van der Waals surface area (Å²) in [5.74, 6) is -0.155. The second-order valence-electron chi connectivity index (χ2n) is 7.84. The van der Waals surface area contributed by atoms with Gasteiger partial charge in [-0.3, -0.25) is 14.6 Å². The number of hydrogen-bond donors (Lipinski definition) is 2. The summed E-state index contributed by atoms with van der Waals surface area (Å²) in [7, 11) is 0. The van der Waals surface area contributed by atoms with Gasteiger partial charge in [-0.25, -0.2) is 0 Å². The van der Waals surface area contributed by atoms with E-state index in [0.29, 0.717) is 30.8 Å². The lowest BCUT2D eigenvalue weighted by Crippen LogP contribution is -2.34. The number of allylic oxidation sites excluding steroid dienone is 10. The number of pyridine rings is 1. The molecule has 34 heavy (non-hydrogen) atoms. The Morgan fingerprint density at radius 2 is 1.38 bits per heavy atom. The van der Waals surface area contributed by atoms with E-state index < -0.39 is 0 Å². The van der Waals surface area contributed by atoms with Gasteiger partial charge in [-0.15, -0.1) is 0 Å². The van der Waals surface area contributed by atoms with Crippen molar-refractivity contribution in [1.29, 1.82) is 0 Å². The van der Waals surface area contributed by atoms with Gasteiger partial charge in [0.1, 0.15) is 0 Å². The maximum atomic E-state index is 12.1. The largest absolute Gasteiger partial charge is 0.354 e. The Kier molecular flexibility index (Phi) is 17.3. The number of amides is 2. The minimum Gasteiger partial charge on any atom is -0.354 e. The Morgan fingerprint density at radius 1 is 0.824 bits per heavy atom. The summed E-state index contributed by atoms with van der Waals surface area (Å²) in [6.07, 6.45) is 30.6. The van der Waals surface area contributed by atoms with Crippen molar-refractivity contribution in [3.63, 3.8) is 0 Å². The summed E-state index contributed by atoms with van der Waals surface area (Å²) < 4.78 is 0. The number of carbonyl (C=O) groups excluding carboxylic acids is 2. The van der Waals surface area contributed by atoms with Crippen LogP contribution in [0.25, 0.3) is 0 Å². The van der Waals surface area contributed by atoms with E-state index in [0.717, 1.165) is 44.9 Å². The van der Waals surface area contributed by atoms with Crippen molar-refractivity contribution in [2.24, 2.45) is 0 Å². The van der Waals surface area contributed by atoms with Gasteiger partial charge in [0.25, 0.3) is 5.91 Å². The highest BCUT2D eigenvalue weighted by Crippen LogP contribution is 2.03.